The van der Waals surface area contributed by atoms with E-state index >= 15 is 0 Å². The molecule has 0 saturated heterocycles. The van der Waals surface area contributed by atoms with Crippen molar-refractivity contribution in [1.82, 2.24) is 20.1 Å². The number of H-pyrrole nitrogens is 1. The minimum atomic E-state index is -0.358. The van der Waals surface area contributed by atoms with Gasteiger partial charge in [0.15, 0.2) is 0 Å². The first-order chi connectivity index (χ1) is 9.56. The first-order valence-electron chi connectivity index (χ1n) is 6.09. The Morgan fingerprint density at radius 3 is 2.95 bits per heavy atom. The highest BCUT2D eigenvalue weighted by Gasteiger charge is 2.16. The van der Waals surface area contributed by atoms with Crippen LogP contribution in [0.3, 0.4) is 0 Å². The quantitative estimate of drug-likeness (QED) is 0.897. The normalized spacial score (nSPS) is 10.3. The lowest BCUT2D eigenvalue weighted by Crippen LogP contribution is -2.31. The zero-order chi connectivity index (χ0) is 14.5. The molecular weight excluding hydrogens is 263 g/mol. The van der Waals surface area contributed by atoms with Gasteiger partial charge in [0.25, 0.3) is 5.91 Å². The second kappa shape index (κ2) is 6.14. The number of carbonyl (C=O) groups is 1. The van der Waals surface area contributed by atoms with Crippen LogP contribution in [-0.2, 0) is 0 Å². The van der Waals surface area contributed by atoms with Crippen molar-refractivity contribution in [2.24, 2.45) is 0 Å². The maximum absolute atomic E-state index is 12.9. The maximum Gasteiger partial charge on any atom is 0.293 e. The summed E-state index contributed by atoms with van der Waals surface area (Å²) in [5.41, 5.74) is 0. The molecule has 0 aliphatic heterocycles. The van der Waals surface area contributed by atoms with Crippen molar-refractivity contribution < 1.29 is 13.9 Å². The van der Waals surface area contributed by atoms with Crippen LogP contribution in [0.4, 0.5) is 4.39 Å². The third-order valence-corrected chi connectivity index (χ3v) is 2.63. The van der Waals surface area contributed by atoms with Gasteiger partial charge in [-0.05, 0) is 19.1 Å². The molecule has 6 nitrogen and oxygen atoms in total. The van der Waals surface area contributed by atoms with Gasteiger partial charge in [0, 0.05) is 13.1 Å². The van der Waals surface area contributed by atoms with Gasteiger partial charge in [0.05, 0.1) is 6.54 Å². The van der Waals surface area contributed by atoms with Gasteiger partial charge in [-0.25, -0.2) is 9.37 Å². The predicted molar refractivity (Wildman–Crippen MR) is 70.0 cm³/mol. The van der Waals surface area contributed by atoms with Gasteiger partial charge in [-0.3, -0.25) is 9.89 Å². The predicted octanol–water partition coefficient (Wildman–Crippen LogP) is 1.40. The molecule has 0 unspecified atom stereocenters. The molecule has 1 heterocycles. The Kier molecular flexibility index (Phi) is 4.29. The number of ether oxygens (including phenoxy) is 1. The summed E-state index contributed by atoms with van der Waals surface area (Å²) >= 11 is 0. The zero-order valence-electron chi connectivity index (χ0n) is 11.3. The van der Waals surface area contributed by atoms with Gasteiger partial charge in [0.2, 0.25) is 5.82 Å². The number of nitrogens with one attached hydrogen (secondary N) is 1. The Hall–Kier alpha value is -2.44. The Balaban J connectivity index is 1.83. The lowest BCUT2D eigenvalue weighted by atomic mass is 10.3. The molecule has 106 valence electrons. The van der Waals surface area contributed by atoms with Crippen molar-refractivity contribution in [2.45, 2.75) is 6.92 Å². The van der Waals surface area contributed by atoms with Gasteiger partial charge in [-0.1, -0.05) is 6.07 Å². The molecule has 1 amide bonds. The average Bonchev–Trinajstić information content (AvgIpc) is 2.84. The summed E-state index contributed by atoms with van der Waals surface area (Å²) in [4.78, 5) is 17.3. The molecule has 2 rings (SSSR count). The molecule has 1 aromatic heterocycles. The highest BCUT2D eigenvalue weighted by Crippen LogP contribution is 2.11. The van der Waals surface area contributed by atoms with Crippen LogP contribution < -0.4 is 4.74 Å². The number of aromatic nitrogens is 3. The van der Waals surface area contributed by atoms with Gasteiger partial charge in [-0.15, -0.1) is 5.10 Å². The van der Waals surface area contributed by atoms with E-state index in [1.54, 1.807) is 26.1 Å². The van der Waals surface area contributed by atoms with E-state index in [-0.39, 0.29) is 24.2 Å². The number of hydrogen-bond donors (Lipinski definition) is 1. The van der Waals surface area contributed by atoms with Crippen molar-refractivity contribution >= 4 is 5.91 Å². The first kappa shape index (κ1) is 14.0. The first-order valence-corrected chi connectivity index (χ1v) is 6.09. The average molecular weight is 278 g/mol. The molecule has 0 spiro atoms. The molecule has 7 heteroatoms. The van der Waals surface area contributed by atoms with Crippen LogP contribution in [-0.4, -0.2) is 46.2 Å². The van der Waals surface area contributed by atoms with Crippen LogP contribution in [0.1, 0.15) is 16.4 Å². The minimum Gasteiger partial charge on any atom is -0.492 e. The van der Waals surface area contributed by atoms with Gasteiger partial charge < -0.3 is 9.64 Å². The van der Waals surface area contributed by atoms with E-state index < -0.39 is 0 Å². The lowest BCUT2D eigenvalue weighted by Gasteiger charge is -2.15. The smallest absolute Gasteiger partial charge is 0.293 e. The fourth-order valence-electron chi connectivity index (χ4n) is 1.57. The molecule has 0 radical (unpaired) electrons. The maximum atomic E-state index is 12.9. The Morgan fingerprint density at radius 1 is 1.50 bits per heavy atom. The van der Waals surface area contributed by atoms with Crippen molar-refractivity contribution in [3.05, 3.63) is 41.7 Å². The van der Waals surface area contributed by atoms with Crippen LogP contribution in [0, 0.1) is 12.7 Å². The number of hydrogen-bond acceptors (Lipinski definition) is 4. The van der Waals surface area contributed by atoms with E-state index in [0.29, 0.717) is 18.1 Å². The summed E-state index contributed by atoms with van der Waals surface area (Å²) in [5, 5.41) is 6.41. The fourth-order valence-corrected chi connectivity index (χ4v) is 1.57. The number of rotatable bonds is 5. The molecule has 0 atom stereocenters. The standard InChI is InChI=1S/C13H15FN4O2/c1-9-15-12(17-16-9)13(19)18(2)6-7-20-11-5-3-4-10(14)8-11/h3-5,8H,6-7H2,1-2H3,(H,15,16,17). The highest BCUT2D eigenvalue weighted by atomic mass is 19.1. The molecule has 0 aliphatic rings. The van der Waals surface area contributed by atoms with E-state index in [4.69, 9.17) is 4.74 Å². The van der Waals surface area contributed by atoms with Gasteiger partial charge >= 0.3 is 0 Å². The lowest BCUT2D eigenvalue weighted by molar-refractivity contribution is 0.0762. The van der Waals surface area contributed by atoms with Crippen molar-refractivity contribution in [1.29, 1.82) is 0 Å². The SMILES string of the molecule is Cc1nc(C(=O)N(C)CCOc2cccc(F)c2)n[nH]1. The number of halogens is 1. The number of aryl methyl sites for hydroxylation is 1. The number of amides is 1. The van der Waals surface area contributed by atoms with E-state index in [0.717, 1.165) is 0 Å². The summed E-state index contributed by atoms with van der Waals surface area (Å²) in [5.74, 6) is 0.480. The van der Waals surface area contributed by atoms with Crippen LogP contribution in [0.2, 0.25) is 0 Å². The fraction of sp³-hybridized carbons (Fsp3) is 0.308. The monoisotopic (exact) mass is 278 g/mol. The van der Waals surface area contributed by atoms with Crippen molar-refractivity contribution in [3.8, 4) is 5.75 Å². The summed E-state index contributed by atoms with van der Waals surface area (Å²) in [7, 11) is 1.63. The Morgan fingerprint density at radius 2 is 2.30 bits per heavy atom. The molecular formula is C13H15FN4O2. The second-order valence-electron chi connectivity index (χ2n) is 4.28. The Bertz CT molecular complexity index is 600. The topological polar surface area (TPSA) is 71.1 Å². The molecule has 20 heavy (non-hydrogen) atoms. The van der Waals surface area contributed by atoms with Gasteiger partial charge in [-0.2, -0.15) is 0 Å². The van der Waals surface area contributed by atoms with Gasteiger partial charge in [0.1, 0.15) is 24.0 Å². The number of likely N-dealkylation sites (N-methyl/N-ethyl adjacent to an activating group) is 1. The number of nitrogens with zero attached hydrogens (tertiary/aromatic N) is 3. The molecule has 1 N–H and O–H groups in total. The largest absolute Gasteiger partial charge is 0.492 e. The molecule has 0 saturated carbocycles. The van der Waals surface area contributed by atoms with E-state index in [9.17, 15) is 9.18 Å². The van der Waals surface area contributed by atoms with Crippen LogP contribution >= 0.6 is 0 Å². The van der Waals surface area contributed by atoms with Crippen LogP contribution in [0.15, 0.2) is 24.3 Å². The van der Waals surface area contributed by atoms with Crippen molar-refractivity contribution in [3.63, 3.8) is 0 Å². The summed E-state index contributed by atoms with van der Waals surface area (Å²) < 4.78 is 18.3. The molecule has 2 aromatic rings. The molecule has 0 aliphatic carbocycles. The van der Waals surface area contributed by atoms with Crippen LogP contribution in [0.5, 0.6) is 5.75 Å². The van der Waals surface area contributed by atoms with E-state index in [2.05, 4.69) is 15.2 Å². The third kappa shape index (κ3) is 3.53. The molecule has 1 aromatic carbocycles. The third-order valence-electron chi connectivity index (χ3n) is 2.63. The summed E-state index contributed by atoms with van der Waals surface area (Å²) in [6, 6.07) is 5.86. The Labute approximate surface area is 115 Å². The minimum absolute atomic E-state index is 0.121. The molecule has 0 fully saturated rings. The van der Waals surface area contributed by atoms with E-state index in [1.807, 2.05) is 0 Å². The number of aromatic amines is 1. The number of benzene rings is 1. The second-order valence-corrected chi connectivity index (χ2v) is 4.28. The van der Waals surface area contributed by atoms with E-state index in [1.165, 1.54) is 17.0 Å². The highest BCUT2D eigenvalue weighted by molar-refractivity contribution is 5.90. The number of carbonyl (C=O) groups excluding carboxylic acids is 1. The summed E-state index contributed by atoms with van der Waals surface area (Å²) in [6.45, 7) is 2.33. The zero-order valence-corrected chi connectivity index (χ0v) is 11.3. The summed E-state index contributed by atoms with van der Waals surface area (Å²) in [6.07, 6.45) is 0. The van der Waals surface area contributed by atoms with Crippen molar-refractivity contribution in [2.75, 3.05) is 20.2 Å². The molecule has 0 bridgehead atoms. The van der Waals surface area contributed by atoms with Crippen LogP contribution in [0.25, 0.3) is 0 Å².